The molecule has 0 aromatic rings. The molecule has 254 valence electrons. The number of carbonyl (C=O) groups is 4. The highest BCUT2D eigenvalue weighted by atomic mass is 16.6. The van der Waals surface area contributed by atoms with Gasteiger partial charge < -0.3 is 39.4 Å². The second-order valence-electron chi connectivity index (χ2n) is 10.6. The standard InChI is InChI=1S/C27H51N7O10/c28-34-11-9-33(10-12-34)25(36)1-13-41-15-17-43-19-20-44-18-16-42-14-2-29-24(35)21-30-3-5-31(22-26(37)38)7-8-32(6-4-30)23-27(39)40/h1-23,28H2,(H,29,35)(H,37,38)(H,39,40). The van der Waals surface area contributed by atoms with Crippen molar-refractivity contribution < 1.29 is 48.3 Å². The highest BCUT2D eigenvalue weighted by molar-refractivity contribution is 5.78. The quantitative estimate of drug-likeness (QED) is 0.0722. The van der Waals surface area contributed by atoms with Crippen LogP contribution >= 0.6 is 0 Å². The molecule has 0 radical (unpaired) electrons. The van der Waals surface area contributed by atoms with E-state index in [2.05, 4.69) is 5.32 Å². The number of hydrazine groups is 1. The van der Waals surface area contributed by atoms with E-state index in [-0.39, 0.29) is 31.4 Å². The van der Waals surface area contributed by atoms with Gasteiger partial charge in [0.2, 0.25) is 11.8 Å². The Bertz CT molecular complexity index is 820. The summed E-state index contributed by atoms with van der Waals surface area (Å²) in [6.45, 7) is 8.80. The molecule has 2 amide bonds. The van der Waals surface area contributed by atoms with Crippen LogP contribution < -0.4 is 11.2 Å². The number of nitrogens with zero attached hydrogens (tertiary/aromatic N) is 5. The highest BCUT2D eigenvalue weighted by Crippen LogP contribution is 2.02. The molecule has 0 saturated carbocycles. The molecule has 0 aromatic carbocycles. The Morgan fingerprint density at radius 1 is 0.568 bits per heavy atom. The summed E-state index contributed by atoms with van der Waals surface area (Å²) in [5.41, 5.74) is 0. The van der Waals surface area contributed by atoms with E-state index in [4.69, 9.17) is 35.0 Å². The fraction of sp³-hybridized carbons (Fsp3) is 0.852. The number of piperazine rings is 1. The first-order valence-electron chi connectivity index (χ1n) is 15.2. The number of hydrogen-bond donors (Lipinski definition) is 4. The van der Waals surface area contributed by atoms with Crippen LogP contribution in [0.4, 0.5) is 0 Å². The molecule has 0 aliphatic carbocycles. The SMILES string of the molecule is NN1CCN(C(=O)CCOCCOCCOCCOCCNC(=O)CN2CCN(CC(=O)O)CCN(CC(=O)O)CC2)CC1. The molecule has 2 rings (SSSR count). The summed E-state index contributed by atoms with van der Waals surface area (Å²) in [7, 11) is 0. The summed E-state index contributed by atoms with van der Waals surface area (Å²) >= 11 is 0. The van der Waals surface area contributed by atoms with Crippen LogP contribution in [-0.2, 0) is 38.1 Å². The van der Waals surface area contributed by atoms with Gasteiger partial charge in [-0.3, -0.25) is 39.7 Å². The van der Waals surface area contributed by atoms with E-state index in [9.17, 15) is 19.2 Å². The zero-order chi connectivity index (χ0) is 32.0. The van der Waals surface area contributed by atoms with Crippen LogP contribution in [0.5, 0.6) is 0 Å². The average Bonchev–Trinajstić information content (AvgIpc) is 3.06. The van der Waals surface area contributed by atoms with E-state index >= 15 is 0 Å². The number of aliphatic carboxylic acids is 2. The van der Waals surface area contributed by atoms with Gasteiger partial charge in [-0.1, -0.05) is 0 Å². The van der Waals surface area contributed by atoms with Crippen LogP contribution in [0.15, 0.2) is 0 Å². The molecule has 0 atom stereocenters. The molecule has 5 N–H and O–H groups in total. The number of carboxylic acids is 2. The topological polar surface area (TPSA) is 200 Å². The summed E-state index contributed by atoms with van der Waals surface area (Å²) in [6.07, 6.45) is 0.347. The Morgan fingerprint density at radius 3 is 1.43 bits per heavy atom. The Morgan fingerprint density at radius 2 is 0.977 bits per heavy atom. The van der Waals surface area contributed by atoms with Gasteiger partial charge in [0.25, 0.3) is 0 Å². The van der Waals surface area contributed by atoms with Gasteiger partial charge in [-0.2, -0.15) is 0 Å². The van der Waals surface area contributed by atoms with Crippen LogP contribution in [0, 0.1) is 0 Å². The number of nitrogens with one attached hydrogen (secondary N) is 1. The highest BCUT2D eigenvalue weighted by Gasteiger charge is 2.21. The first-order chi connectivity index (χ1) is 21.2. The van der Waals surface area contributed by atoms with Gasteiger partial charge in [0, 0.05) is 72.0 Å². The predicted molar refractivity (Wildman–Crippen MR) is 158 cm³/mol. The number of carboxylic acid groups (broad SMARTS) is 2. The number of amides is 2. The first kappa shape index (κ1) is 37.7. The number of carbonyl (C=O) groups excluding carboxylic acids is 2. The minimum Gasteiger partial charge on any atom is -0.480 e. The summed E-state index contributed by atoms with van der Waals surface area (Å²) in [5, 5.41) is 22.8. The molecule has 44 heavy (non-hydrogen) atoms. The normalized spacial score (nSPS) is 18.0. The first-order valence-corrected chi connectivity index (χ1v) is 15.2. The number of nitrogens with two attached hydrogens (primary N) is 1. The lowest BCUT2D eigenvalue weighted by molar-refractivity contribution is -0.140. The van der Waals surface area contributed by atoms with E-state index in [0.29, 0.717) is 131 Å². The number of rotatable bonds is 21. The van der Waals surface area contributed by atoms with Gasteiger partial charge in [0.15, 0.2) is 0 Å². The maximum atomic E-state index is 12.4. The molecule has 0 aromatic heterocycles. The van der Waals surface area contributed by atoms with Crippen LogP contribution in [0.1, 0.15) is 6.42 Å². The van der Waals surface area contributed by atoms with Crippen LogP contribution in [0.2, 0.25) is 0 Å². The van der Waals surface area contributed by atoms with Crippen molar-refractivity contribution in [1.82, 2.24) is 29.9 Å². The van der Waals surface area contributed by atoms with E-state index in [1.54, 1.807) is 14.8 Å². The minimum atomic E-state index is -0.946. The Labute approximate surface area is 259 Å². The summed E-state index contributed by atoms with van der Waals surface area (Å²) in [4.78, 5) is 54.1. The van der Waals surface area contributed by atoms with E-state index < -0.39 is 11.9 Å². The molecular formula is C27H51N7O10. The maximum Gasteiger partial charge on any atom is 0.317 e. The Kier molecular flexibility index (Phi) is 19.7. The third-order valence-corrected chi connectivity index (χ3v) is 7.09. The Balaban J connectivity index is 1.43. The molecule has 0 unspecified atom stereocenters. The smallest absolute Gasteiger partial charge is 0.317 e. The largest absolute Gasteiger partial charge is 0.480 e. The van der Waals surface area contributed by atoms with Crippen molar-refractivity contribution in [2.24, 2.45) is 5.84 Å². The molecular weight excluding hydrogens is 582 g/mol. The molecule has 2 aliphatic rings. The van der Waals surface area contributed by atoms with Crippen molar-refractivity contribution in [2.45, 2.75) is 6.42 Å². The average molecular weight is 634 g/mol. The summed E-state index contributed by atoms with van der Waals surface area (Å²) in [5.74, 6) is 3.70. The molecule has 17 heteroatoms. The lowest BCUT2D eigenvalue weighted by atomic mass is 10.3. The number of ether oxygens (including phenoxy) is 4. The van der Waals surface area contributed by atoms with Crippen molar-refractivity contribution in [3.05, 3.63) is 0 Å². The molecule has 0 spiro atoms. The zero-order valence-corrected chi connectivity index (χ0v) is 25.7. The molecule has 17 nitrogen and oxygen atoms in total. The summed E-state index contributed by atoms with van der Waals surface area (Å²) < 4.78 is 21.9. The Hall–Kier alpha value is -2.48. The van der Waals surface area contributed by atoms with Crippen molar-refractivity contribution in [1.29, 1.82) is 0 Å². The summed E-state index contributed by atoms with van der Waals surface area (Å²) in [6, 6.07) is 0. The minimum absolute atomic E-state index is 0.0792. The van der Waals surface area contributed by atoms with Crippen LogP contribution in [-0.4, -0.2) is 203 Å². The van der Waals surface area contributed by atoms with Crippen molar-refractivity contribution in [3.8, 4) is 0 Å². The maximum absolute atomic E-state index is 12.4. The second-order valence-corrected chi connectivity index (χ2v) is 10.6. The fourth-order valence-corrected chi connectivity index (χ4v) is 4.61. The van der Waals surface area contributed by atoms with Gasteiger partial charge in [0.05, 0.1) is 78.9 Å². The third kappa shape index (κ3) is 18.4. The second kappa shape index (κ2) is 22.9. The van der Waals surface area contributed by atoms with Crippen molar-refractivity contribution in [3.63, 3.8) is 0 Å². The predicted octanol–water partition coefficient (Wildman–Crippen LogP) is -3.33. The van der Waals surface area contributed by atoms with E-state index in [1.165, 1.54) is 0 Å². The molecule has 2 saturated heterocycles. The van der Waals surface area contributed by atoms with Gasteiger partial charge in [0.1, 0.15) is 0 Å². The monoisotopic (exact) mass is 633 g/mol. The lowest BCUT2D eigenvalue weighted by Crippen LogP contribution is -2.51. The van der Waals surface area contributed by atoms with Gasteiger partial charge in [-0.05, 0) is 0 Å². The third-order valence-electron chi connectivity index (χ3n) is 7.09. The molecule has 2 fully saturated rings. The molecule has 2 heterocycles. The van der Waals surface area contributed by atoms with Gasteiger partial charge in [-0.15, -0.1) is 0 Å². The zero-order valence-electron chi connectivity index (χ0n) is 25.7. The van der Waals surface area contributed by atoms with Gasteiger partial charge >= 0.3 is 11.9 Å². The van der Waals surface area contributed by atoms with Crippen molar-refractivity contribution in [2.75, 3.05) is 144 Å². The fourth-order valence-electron chi connectivity index (χ4n) is 4.61. The molecule has 2 aliphatic heterocycles. The van der Waals surface area contributed by atoms with E-state index in [0.717, 1.165) is 0 Å². The van der Waals surface area contributed by atoms with E-state index in [1.807, 2.05) is 9.80 Å². The lowest BCUT2D eigenvalue weighted by Gasteiger charge is -2.32. The van der Waals surface area contributed by atoms with Crippen LogP contribution in [0.25, 0.3) is 0 Å². The number of hydrogen-bond acceptors (Lipinski definition) is 13. The van der Waals surface area contributed by atoms with Gasteiger partial charge in [-0.25, -0.2) is 5.01 Å². The molecule has 0 bridgehead atoms. The van der Waals surface area contributed by atoms with Crippen LogP contribution in [0.3, 0.4) is 0 Å². The van der Waals surface area contributed by atoms with Crippen molar-refractivity contribution >= 4 is 23.8 Å².